The normalized spacial score (nSPS) is 28.3. The van der Waals surface area contributed by atoms with Crippen LogP contribution in [0, 0.1) is 0 Å². The Kier molecular flexibility index (Phi) is 3.12. The van der Waals surface area contributed by atoms with Crippen molar-refractivity contribution in [1.29, 1.82) is 0 Å². The molecular weight excluding hydrogens is 152 g/mol. The number of hydrogen-bond acceptors (Lipinski definition) is 3. The molecule has 1 atom stereocenters. The highest BCUT2D eigenvalue weighted by molar-refractivity contribution is 6.20. The van der Waals surface area contributed by atoms with Gasteiger partial charge in [-0.15, -0.1) is 11.6 Å². The molecule has 1 heterocycles. The number of rotatable bonds is 2. The van der Waals surface area contributed by atoms with Crippen molar-refractivity contribution in [2.24, 2.45) is 0 Å². The second-order valence-electron chi connectivity index (χ2n) is 2.30. The highest BCUT2D eigenvalue weighted by Crippen LogP contribution is 2.04. The lowest BCUT2D eigenvalue weighted by molar-refractivity contribution is -0.109. The molecule has 1 saturated heterocycles. The predicted molar refractivity (Wildman–Crippen MR) is 40.1 cm³/mol. The van der Waals surface area contributed by atoms with Crippen molar-refractivity contribution in [1.82, 2.24) is 10.2 Å². The Hall–Kier alpha value is -0.120. The second-order valence-corrected chi connectivity index (χ2v) is 2.80. The van der Waals surface area contributed by atoms with Crippen molar-refractivity contribution in [3.05, 3.63) is 0 Å². The average Bonchev–Trinajstić information content (AvgIpc) is 1.94. The number of nitrogens with zero attached hydrogens (tertiary/aromatic N) is 1. The Balaban J connectivity index is 2.32. The van der Waals surface area contributed by atoms with Gasteiger partial charge in [0.15, 0.2) is 0 Å². The van der Waals surface area contributed by atoms with E-state index in [0.29, 0.717) is 6.54 Å². The Labute approximate surface area is 65.3 Å². The molecule has 1 unspecified atom stereocenters. The van der Waals surface area contributed by atoms with Gasteiger partial charge in [-0.2, -0.15) is 0 Å². The lowest BCUT2D eigenvalue weighted by atomic mass is 10.3. The first-order valence-corrected chi connectivity index (χ1v) is 3.80. The lowest BCUT2D eigenvalue weighted by Crippen LogP contribution is -2.49. The zero-order valence-electron chi connectivity index (χ0n) is 5.72. The van der Waals surface area contributed by atoms with Crippen molar-refractivity contribution in [2.45, 2.75) is 5.50 Å². The third-order valence-corrected chi connectivity index (χ3v) is 2.02. The van der Waals surface area contributed by atoms with E-state index in [-0.39, 0.29) is 5.50 Å². The summed E-state index contributed by atoms with van der Waals surface area (Å²) < 4.78 is 0. The van der Waals surface area contributed by atoms with E-state index in [1.807, 2.05) is 4.90 Å². The van der Waals surface area contributed by atoms with Crippen molar-refractivity contribution in [2.75, 3.05) is 26.2 Å². The number of carbonyl (C=O) groups excluding carboxylic acids is 1. The highest BCUT2D eigenvalue weighted by atomic mass is 35.5. The molecule has 1 aliphatic heterocycles. The maximum atomic E-state index is 10.1. The van der Waals surface area contributed by atoms with Crippen LogP contribution in [0.2, 0.25) is 0 Å². The summed E-state index contributed by atoms with van der Waals surface area (Å²) in [5.41, 5.74) is -0.0149. The number of nitrogens with one attached hydrogen (secondary N) is 1. The molecule has 0 amide bonds. The summed E-state index contributed by atoms with van der Waals surface area (Å²) in [6.45, 7) is 3.02. The molecule has 0 radical (unpaired) electrons. The number of hydrogen-bond donors (Lipinski definition) is 1. The van der Waals surface area contributed by atoms with Crippen molar-refractivity contribution in [3.63, 3.8) is 0 Å². The van der Waals surface area contributed by atoms with E-state index in [4.69, 9.17) is 11.6 Å². The second kappa shape index (κ2) is 3.91. The van der Waals surface area contributed by atoms with Gasteiger partial charge in [0.05, 0.1) is 12.0 Å². The Morgan fingerprint density at radius 3 is 3.20 bits per heavy atom. The maximum absolute atomic E-state index is 10.1. The fourth-order valence-corrected chi connectivity index (χ4v) is 1.30. The van der Waals surface area contributed by atoms with Crippen LogP contribution in [0.3, 0.4) is 0 Å². The monoisotopic (exact) mass is 162 g/mol. The molecule has 0 saturated carbocycles. The number of halogens is 1. The van der Waals surface area contributed by atoms with Gasteiger partial charge in [0.25, 0.3) is 0 Å². The van der Waals surface area contributed by atoms with Crippen molar-refractivity contribution >= 4 is 17.9 Å². The summed E-state index contributed by atoms with van der Waals surface area (Å²) in [5.74, 6) is 0. The molecule has 1 rings (SSSR count). The zero-order chi connectivity index (χ0) is 7.40. The van der Waals surface area contributed by atoms with Gasteiger partial charge in [-0.05, 0) is 0 Å². The summed E-state index contributed by atoms with van der Waals surface area (Å²) in [6.07, 6.45) is 0.890. The number of aldehydes is 1. The standard InChI is InChI=1S/C6H11ClN2O/c7-6-5-8-1-2-9(6)3-4-10/h4,6,8H,1-3,5H2. The maximum Gasteiger partial charge on any atom is 0.134 e. The molecule has 0 aliphatic carbocycles. The van der Waals surface area contributed by atoms with Crippen LogP contribution in [0.1, 0.15) is 0 Å². The Bertz CT molecular complexity index is 120. The molecular formula is C6H11ClN2O. The zero-order valence-corrected chi connectivity index (χ0v) is 6.47. The first-order valence-electron chi connectivity index (χ1n) is 3.37. The van der Waals surface area contributed by atoms with Gasteiger partial charge in [0.2, 0.25) is 0 Å². The van der Waals surface area contributed by atoms with Gasteiger partial charge in [0.1, 0.15) is 6.29 Å². The van der Waals surface area contributed by atoms with Crippen LogP contribution in [0.5, 0.6) is 0 Å². The van der Waals surface area contributed by atoms with E-state index in [1.165, 1.54) is 0 Å². The third-order valence-electron chi connectivity index (χ3n) is 1.59. The van der Waals surface area contributed by atoms with E-state index in [0.717, 1.165) is 25.9 Å². The summed E-state index contributed by atoms with van der Waals surface area (Å²) in [7, 11) is 0. The first-order chi connectivity index (χ1) is 4.84. The smallest absolute Gasteiger partial charge is 0.134 e. The number of carbonyl (C=O) groups is 1. The molecule has 1 aliphatic rings. The predicted octanol–water partition coefficient (Wildman–Crippen LogP) is -0.345. The van der Waals surface area contributed by atoms with Gasteiger partial charge in [-0.25, -0.2) is 0 Å². The molecule has 10 heavy (non-hydrogen) atoms. The van der Waals surface area contributed by atoms with Crippen LogP contribution in [-0.2, 0) is 4.79 Å². The van der Waals surface area contributed by atoms with Crippen LogP contribution < -0.4 is 5.32 Å². The fourth-order valence-electron chi connectivity index (χ4n) is 1.01. The largest absolute Gasteiger partial charge is 0.313 e. The van der Waals surface area contributed by atoms with E-state index in [9.17, 15) is 4.79 Å². The molecule has 0 aromatic carbocycles. The SMILES string of the molecule is O=CCN1CCNCC1Cl. The summed E-state index contributed by atoms with van der Waals surface area (Å²) in [4.78, 5) is 12.0. The number of piperazine rings is 1. The van der Waals surface area contributed by atoms with E-state index in [1.54, 1.807) is 0 Å². The van der Waals surface area contributed by atoms with E-state index >= 15 is 0 Å². The molecule has 58 valence electrons. The number of alkyl halides is 1. The molecule has 1 N–H and O–H groups in total. The van der Waals surface area contributed by atoms with Gasteiger partial charge in [-0.1, -0.05) is 0 Å². The minimum atomic E-state index is -0.0149. The fraction of sp³-hybridized carbons (Fsp3) is 0.833. The van der Waals surface area contributed by atoms with Crippen LogP contribution >= 0.6 is 11.6 Å². The van der Waals surface area contributed by atoms with Crippen molar-refractivity contribution in [3.8, 4) is 0 Å². The minimum absolute atomic E-state index is 0.0149. The topological polar surface area (TPSA) is 32.3 Å². The molecule has 4 heteroatoms. The summed E-state index contributed by atoms with van der Waals surface area (Å²) in [5, 5.41) is 3.13. The van der Waals surface area contributed by atoms with Gasteiger partial charge < -0.3 is 10.1 Å². The van der Waals surface area contributed by atoms with Gasteiger partial charge in [0, 0.05) is 19.6 Å². The summed E-state index contributed by atoms with van der Waals surface area (Å²) >= 11 is 5.87. The van der Waals surface area contributed by atoms with Gasteiger partial charge in [-0.3, -0.25) is 4.90 Å². The molecule has 1 fully saturated rings. The van der Waals surface area contributed by atoms with E-state index in [2.05, 4.69) is 5.32 Å². The van der Waals surface area contributed by atoms with Crippen LogP contribution in [0.25, 0.3) is 0 Å². The van der Waals surface area contributed by atoms with Crippen LogP contribution in [0.15, 0.2) is 0 Å². The molecule has 3 nitrogen and oxygen atoms in total. The molecule has 0 aromatic rings. The Morgan fingerprint density at radius 2 is 2.60 bits per heavy atom. The highest BCUT2D eigenvalue weighted by Gasteiger charge is 2.18. The molecule has 0 bridgehead atoms. The molecule has 0 spiro atoms. The van der Waals surface area contributed by atoms with E-state index < -0.39 is 0 Å². The minimum Gasteiger partial charge on any atom is -0.313 e. The Morgan fingerprint density at radius 1 is 1.80 bits per heavy atom. The van der Waals surface area contributed by atoms with Crippen LogP contribution in [0.4, 0.5) is 0 Å². The first kappa shape index (κ1) is 7.98. The lowest BCUT2D eigenvalue weighted by Gasteiger charge is -2.30. The molecule has 0 aromatic heterocycles. The van der Waals surface area contributed by atoms with Crippen LogP contribution in [-0.4, -0.2) is 42.9 Å². The summed E-state index contributed by atoms with van der Waals surface area (Å²) in [6, 6.07) is 0. The average molecular weight is 163 g/mol. The van der Waals surface area contributed by atoms with Gasteiger partial charge >= 0.3 is 0 Å². The van der Waals surface area contributed by atoms with Crippen molar-refractivity contribution < 1.29 is 4.79 Å². The quantitative estimate of drug-likeness (QED) is 0.343. The third kappa shape index (κ3) is 1.94.